The van der Waals surface area contributed by atoms with Crippen LogP contribution in [-0.2, 0) is 6.61 Å². The van der Waals surface area contributed by atoms with Gasteiger partial charge in [-0.2, -0.15) is 4.37 Å². The second-order valence-electron chi connectivity index (χ2n) is 6.69. The topological polar surface area (TPSA) is 119 Å². The van der Waals surface area contributed by atoms with Crippen molar-refractivity contribution in [2.75, 3.05) is 39.6 Å². The van der Waals surface area contributed by atoms with E-state index in [9.17, 15) is 14.0 Å². The minimum atomic E-state index is -0.810. The van der Waals surface area contributed by atoms with Crippen LogP contribution in [-0.4, -0.2) is 55.5 Å². The molecule has 9 nitrogen and oxygen atoms in total. The normalized spacial score (nSPS) is 10.7. The largest absolute Gasteiger partial charge is 0.497 e. The van der Waals surface area contributed by atoms with Gasteiger partial charge in [0.15, 0.2) is 0 Å². The Bertz CT molecular complexity index is 875. The fourth-order valence-corrected chi connectivity index (χ4v) is 3.23. The van der Waals surface area contributed by atoms with Crippen LogP contribution in [0.2, 0.25) is 0 Å². The van der Waals surface area contributed by atoms with Crippen molar-refractivity contribution in [2.24, 2.45) is 5.73 Å². The predicted octanol–water partition coefficient (Wildman–Crippen LogP) is 2.43. The van der Waals surface area contributed by atoms with Crippen LogP contribution in [0.4, 0.5) is 14.2 Å². The van der Waals surface area contributed by atoms with Crippen LogP contribution < -0.4 is 25.8 Å². The number of nitrogens with zero attached hydrogens (tertiary/aromatic N) is 2. The third-order valence-corrected chi connectivity index (χ3v) is 4.82. The van der Waals surface area contributed by atoms with E-state index < -0.39 is 17.8 Å². The number of aromatic nitrogens is 1. The van der Waals surface area contributed by atoms with Crippen molar-refractivity contribution in [3.8, 4) is 11.6 Å². The van der Waals surface area contributed by atoms with Crippen LogP contribution in [0.1, 0.15) is 28.8 Å². The maximum absolute atomic E-state index is 14.1. The zero-order valence-corrected chi connectivity index (χ0v) is 18.0. The molecule has 3 amide bonds. The van der Waals surface area contributed by atoms with Crippen molar-refractivity contribution in [1.29, 1.82) is 0 Å². The minimum Gasteiger partial charge on any atom is -0.497 e. The smallest absolute Gasteiger partial charge is 0.319 e. The Kier molecular flexibility index (Phi) is 8.81. The number of hydrogen-bond donors (Lipinski definition) is 3. The Hall–Kier alpha value is -2.92. The van der Waals surface area contributed by atoms with Gasteiger partial charge in [-0.3, -0.25) is 10.1 Å². The van der Waals surface area contributed by atoms with Gasteiger partial charge in [-0.05, 0) is 57.1 Å². The summed E-state index contributed by atoms with van der Waals surface area (Å²) in [6, 6.07) is 3.85. The lowest BCUT2D eigenvalue weighted by atomic mass is 10.2. The lowest BCUT2D eigenvalue weighted by Crippen LogP contribution is -2.30. The van der Waals surface area contributed by atoms with E-state index in [-0.39, 0.29) is 28.6 Å². The van der Waals surface area contributed by atoms with Gasteiger partial charge >= 0.3 is 6.03 Å². The highest BCUT2D eigenvalue weighted by Crippen LogP contribution is 2.31. The summed E-state index contributed by atoms with van der Waals surface area (Å²) in [5.74, 6) is -1.02. The van der Waals surface area contributed by atoms with Crippen molar-refractivity contribution in [3.63, 3.8) is 0 Å². The van der Waals surface area contributed by atoms with E-state index in [0.717, 1.165) is 30.9 Å². The van der Waals surface area contributed by atoms with Crippen molar-refractivity contribution < 1.29 is 23.5 Å². The summed E-state index contributed by atoms with van der Waals surface area (Å²) in [5, 5.41) is 5.44. The second-order valence-corrected chi connectivity index (χ2v) is 7.47. The number of halogens is 1. The summed E-state index contributed by atoms with van der Waals surface area (Å²) >= 11 is 0.858. The first-order chi connectivity index (χ1) is 14.3. The number of carbonyl (C=O) groups is 2. The summed E-state index contributed by atoms with van der Waals surface area (Å²) in [5.41, 5.74) is 5.62. The van der Waals surface area contributed by atoms with Gasteiger partial charge in [-0.25, -0.2) is 9.18 Å². The molecule has 0 saturated carbocycles. The number of primary amides is 1. The highest BCUT2D eigenvalue weighted by molar-refractivity contribution is 7.11. The molecule has 1 aromatic carbocycles. The number of carbonyl (C=O) groups excluding carboxylic acids is 2. The standard InChI is InChI=1S/C19H26FN5O4S/c1-25(2)9-5-4-8-22-19(27)23-18-15(16(21)26)17(24-30-18)29-11-12-6-7-13(28-3)10-14(12)20/h6-7,10H,4-5,8-9,11H2,1-3H3,(H2,21,26)(H2,22,23,27). The second kappa shape index (κ2) is 11.3. The maximum atomic E-state index is 14.1. The van der Waals surface area contributed by atoms with Gasteiger partial charge in [0.2, 0.25) is 5.88 Å². The number of ether oxygens (including phenoxy) is 2. The van der Waals surface area contributed by atoms with Crippen LogP contribution in [0, 0.1) is 5.82 Å². The summed E-state index contributed by atoms with van der Waals surface area (Å²) < 4.78 is 28.5. The molecule has 0 spiro atoms. The number of methoxy groups -OCH3 is 1. The first-order valence-electron chi connectivity index (χ1n) is 9.26. The number of benzene rings is 1. The van der Waals surface area contributed by atoms with Gasteiger partial charge in [0.1, 0.15) is 28.7 Å². The van der Waals surface area contributed by atoms with Crippen molar-refractivity contribution in [2.45, 2.75) is 19.4 Å². The molecule has 0 radical (unpaired) electrons. The number of hydrogen-bond acceptors (Lipinski definition) is 7. The molecule has 0 bridgehead atoms. The van der Waals surface area contributed by atoms with Gasteiger partial charge < -0.3 is 25.4 Å². The molecule has 0 atom stereocenters. The Labute approximate surface area is 178 Å². The van der Waals surface area contributed by atoms with E-state index in [1.807, 2.05) is 14.1 Å². The molecule has 4 N–H and O–H groups in total. The molecule has 1 aromatic heterocycles. The number of nitrogens with two attached hydrogens (primary N) is 1. The van der Waals surface area contributed by atoms with E-state index in [4.69, 9.17) is 15.2 Å². The van der Waals surface area contributed by atoms with E-state index in [2.05, 4.69) is 19.9 Å². The van der Waals surface area contributed by atoms with Crippen LogP contribution in [0.25, 0.3) is 0 Å². The Morgan fingerprint density at radius 2 is 2.07 bits per heavy atom. The Morgan fingerprint density at radius 1 is 1.30 bits per heavy atom. The van der Waals surface area contributed by atoms with Crippen LogP contribution in [0.5, 0.6) is 11.6 Å². The van der Waals surface area contributed by atoms with E-state index in [0.29, 0.717) is 12.3 Å². The number of anilines is 1. The maximum Gasteiger partial charge on any atom is 0.319 e. The molecule has 0 aliphatic carbocycles. The summed E-state index contributed by atoms with van der Waals surface area (Å²) in [4.78, 5) is 26.0. The Morgan fingerprint density at radius 3 is 2.70 bits per heavy atom. The molecule has 30 heavy (non-hydrogen) atoms. The van der Waals surface area contributed by atoms with Gasteiger partial charge in [0.25, 0.3) is 5.91 Å². The van der Waals surface area contributed by atoms with E-state index in [1.54, 1.807) is 6.07 Å². The summed E-state index contributed by atoms with van der Waals surface area (Å²) in [6.45, 7) is 1.25. The zero-order chi connectivity index (χ0) is 22.1. The van der Waals surface area contributed by atoms with E-state index >= 15 is 0 Å². The molecular formula is C19H26FN5O4S. The number of urea groups is 1. The molecule has 0 saturated heterocycles. The Balaban J connectivity index is 1.96. The first-order valence-corrected chi connectivity index (χ1v) is 10.0. The first kappa shape index (κ1) is 23.4. The lowest BCUT2D eigenvalue weighted by molar-refractivity contribution is 0.0996. The fraction of sp³-hybridized carbons (Fsp3) is 0.421. The molecule has 1 heterocycles. The molecule has 2 rings (SSSR count). The molecule has 0 aliphatic rings. The summed E-state index contributed by atoms with van der Waals surface area (Å²) in [6.07, 6.45) is 1.76. The quantitative estimate of drug-likeness (QED) is 0.463. The zero-order valence-electron chi connectivity index (χ0n) is 17.2. The monoisotopic (exact) mass is 439 g/mol. The van der Waals surface area contributed by atoms with Crippen LogP contribution >= 0.6 is 11.5 Å². The van der Waals surface area contributed by atoms with Gasteiger partial charge in [0, 0.05) is 18.2 Å². The van der Waals surface area contributed by atoms with E-state index in [1.165, 1.54) is 19.2 Å². The van der Waals surface area contributed by atoms with Gasteiger partial charge in [-0.1, -0.05) is 0 Å². The SMILES string of the molecule is COc1ccc(COc2nsc(NC(=O)NCCCCN(C)C)c2C(N)=O)c(F)c1. The van der Waals surface area contributed by atoms with Crippen molar-refractivity contribution in [3.05, 3.63) is 35.1 Å². The third kappa shape index (κ3) is 6.85. The average Bonchev–Trinajstić information content (AvgIpc) is 3.09. The van der Waals surface area contributed by atoms with Crippen molar-refractivity contribution >= 4 is 28.5 Å². The highest BCUT2D eigenvalue weighted by atomic mass is 32.1. The van der Waals surface area contributed by atoms with Crippen molar-refractivity contribution in [1.82, 2.24) is 14.6 Å². The molecule has 11 heteroatoms. The van der Waals surface area contributed by atoms with Gasteiger partial charge in [-0.15, -0.1) is 0 Å². The molecule has 0 unspecified atom stereocenters. The fourth-order valence-electron chi connectivity index (χ4n) is 2.50. The third-order valence-electron chi connectivity index (χ3n) is 4.08. The molecular weight excluding hydrogens is 413 g/mol. The molecule has 164 valence electrons. The van der Waals surface area contributed by atoms with Gasteiger partial charge in [0.05, 0.1) is 7.11 Å². The summed E-state index contributed by atoms with van der Waals surface area (Å²) in [7, 11) is 5.41. The number of rotatable bonds is 11. The number of unbranched alkanes of at least 4 members (excludes halogenated alkanes) is 1. The highest BCUT2D eigenvalue weighted by Gasteiger charge is 2.22. The predicted molar refractivity (Wildman–Crippen MR) is 113 cm³/mol. The minimum absolute atomic E-state index is 0.0586. The molecule has 2 aromatic rings. The average molecular weight is 440 g/mol. The molecule has 0 aliphatic heterocycles. The van der Waals surface area contributed by atoms with Crippen LogP contribution in [0.3, 0.4) is 0 Å². The van der Waals surface area contributed by atoms with Crippen LogP contribution in [0.15, 0.2) is 18.2 Å². The number of nitrogens with one attached hydrogen (secondary N) is 2. The number of amides is 3. The molecule has 0 fully saturated rings. The lowest BCUT2D eigenvalue weighted by Gasteiger charge is -2.10.